The van der Waals surface area contributed by atoms with E-state index in [0.29, 0.717) is 0 Å². The third-order valence-corrected chi connectivity index (χ3v) is 3.94. The Morgan fingerprint density at radius 1 is 1.50 bits per heavy atom. The molecule has 1 N–H and O–H groups in total. The van der Waals surface area contributed by atoms with Gasteiger partial charge in [0.25, 0.3) is 0 Å². The maximum absolute atomic E-state index is 11.0. The minimum atomic E-state index is -0.678. The number of aromatic nitrogens is 1. The van der Waals surface area contributed by atoms with E-state index in [-0.39, 0.29) is 11.8 Å². The summed E-state index contributed by atoms with van der Waals surface area (Å²) in [6.45, 7) is 3.95. The van der Waals surface area contributed by atoms with Gasteiger partial charge in [-0.2, -0.15) is 0 Å². The van der Waals surface area contributed by atoms with Crippen LogP contribution in [0.3, 0.4) is 0 Å². The fourth-order valence-electron chi connectivity index (χ4n) is 2.66. The van der Waals surface area contributed by atoms with Crippen molar-refractivity contribution in [2.75, 3.05) is 7.11 Å². The molecule has 18 heavy (non-hydrogen) atoms. The lowest BCUT2D eigenvalue weighted by Gasteiger charge is -2.33. The van der Waals surface area contributed by atoms with E-state index in [2.05, 4.69) is 4.98 Å². The Morgan fingerprint density at radius 3 is 2.72 bits per heavy atom. The van der Waals surface area contributed by atoms with Crippen LogP contribution in [0.4, 0.5) is 0 Å². The summed E-state index contributed by atoms with van der Waals surface area (Å²) in [4.78, 5) is 15.4. The second-order valence-electron chi connectivity index (χ2n) is 5.03. The Kier molecular flexibility index (Phi) is 3.55. The predicted molar refractivity (Wildman–Crippen MR) is 67.8 cm³/mol. The van der Waals surface area contributed by atoms with Crippen molar-refractivity contribution in [1.82, 2.24) is 4.98 Å². The third kappa shape index (κ3) is 2.19. The van der Waals surface area contributed by atoms with E-state index in [1.165, 1.54) is 0 Å². The highest BCUT2D eigenvalue weighted by Crippen LogP contribution is 2.38. The van der Waals surface area contributed by atoms with Crippen LogP contribution in [0.5, 0.6) is 5.75 Å². The van der Waals surface area contributed by atoms with Crippen molar-refractivity contribution in [1.29, 1.82) is 0 Å². The van der Waals surface area contributed by atoms with Crippen molar-refractivity contribution in [3.05, 3.63) is 23.0 Å². The third-order valence-electron chi connectivity index (χ3n) is 3.94. The Hall–Kier alpha value is -1.58. The number of carbonyl (C=O) groups is 1. The van der Waals surface area contributed by atoms with Crippen LogP contribution in [-0.2, 0) is 11.2 Å². The second-order valence-corrected chi connectivity index (χ2v) is 5.03. The smallest absolute Gasteiger partial charge is 0.306 e. The molecule has 1 heterocycles. The second kappa shape index (κ2) is 4.96. The number of carboxylic acids is 1. The number of carboxylic acid groups (broad SMARTS) is 1. The first-order valence-electron chi connectivity index (χ1n) is 6.26. The van der Waals surface area contributed by atoms with Crippen molar-refractivity contribution >= 4 is 5.97 Å². The number of rotatable bonds is 4. The Balaban J connectivity index is 2.17. The summed E-state index contributed by atoms with van der Waals surface area (Å²) in [5, 5.41) is 9.05. The minimum absolute atomic E-state index is 0.196. The molecule has 98 valence electrons. The van der Waals surface area contributed by atoms with Crippen LogP contribution in [0.15, 0.2) is 6.20 Å². The zero-order chi connectivity index (χ0) is 13.3. The fraction of sp³-hybridized carbons (Fsp3) is 0.571. The summed E-state index contributed by atoms with van der Waals surface area (Å²) in [6.07, 6.45) is 4.31. The summed E-state index contributed by atoms with van der Waals surface area (Å²) < 4.78 is 5.37. The van der Waals surface area contributed by atoms with Gasteiger partial charge in [-0.05, 0) is 39.0 Å². The molecule has 0 amide bonds. The number of aliphatic carboxylic acids is 1. The molecule has 1 saturated carbocycles. The fourth-order valence-corrected chi connectivity index (χ4v) is 2.66. The highest BCUT2D eigenvalue weighted by Gasteiger charge is 2.37. The lowest BCUT2D eigenvalue weighted by atomic mass is 9.71. The average molecular weight is 249 g/mol. The van der Waals surface area contributed by atoms with Gasteiger partial charge in [0.05, 0.1) is 13.0 Å². The molecule has 1 aromatic heterocycles. The lowest BCUT2D eigenvalue weighted by molar-refractivity contribution is -0.147. The van der Waals surface area contributed by atoms with Gasteiger partial charge in [0.2, 0.25) is 0 Å². The van der Waals surface area contributed by atoms with Crippen LogP contribution in [0.1, 0.15) is 29.7 Å². The zero-order valence-corrected chi connectivity index (χ0v) is 11.1. The van der Waals surface area contributed by atoms with E-state index >= 15 is 0 Å². The Morgan fingerprint density at radius 2 is 2.22 bits per heavy atom. The molecule has 2 unspecified atom stereocenters. The molecular formula is C14H19NO3. The molecule has 2 rings (SSSR count). The molecule has 0 bridgehead atoms. The maximum Gasteiger partial charge on any atom is 0.306 e. The maximum atomic E-state index is 11.0. The van der Waals surface area contributed by atoms with E-state index in [1.54, 1.807) is 13.3 Å². The quantitative estimate of drug-likeness (QED) is 0.890. The van der Waals surface area contributed by atoms with Gasteiger partial charge in [0.15, 0.2) is 0 Å². The summed E-state index contributed by atoms with van der Waals surface area (Å²) in [6, 6.07) is 0. The molecule has 0 aromatic carbocycles. The Labute approximate surface area is 107 Å². The molecule has 0 aliphatic heterocycles. The van der Waals surface area contributed by atoms with Crippen molar-refractivity contribution in [2.45, 2.75) is 33.1 Å². The number of pyridine rings is 1. The minimum Gasteiger partial charge on any atom is -0.496 e. The monoisotopic (exact) mass is 249 g/mol. The lowest BCUT2D eigenvalue weighted by Crippen LogP contribution is -2.34. The van der Waals surface area contributed by atoms with Gasteiger partial charge >= 0.3 is 5.97 Å². The first-order valence-corrected chi connectivity index (χ1v) is 6.26. The van der Waals surface area contributed by atoms with Gasteiger partial charge in [-0.1, -0.05) is 0 Å². The van der Waals surface area contributed by atoms with Gasteiger partial charge in [0, 0.05) is 23.0 Å². The van der Waals surface area contributed by atoms with Crippen molar-refractivity contribution in [3.63, 3.8) is 0 Å². The summed E-state index contributed by atoms with van der Waals surface area (Å²) in [5.74, 6) is 0.216. The largest absolute Gasteiger partial charge is 0.496 e. The zero-order valence-electron chi connectivity index (χ0n) is 11.1. The van der Waals surface area contributed by atoms with E-state index in [1.807, 2.05) is 13.8 Å². The summed E-state index contributed by atoms with van der Waals surface area (Å²) >= 11 is 0. The van der Waals surface area contributed by atoms with E-state index < -0.39 is 5.97 Å². The van der Waals surface area contributed by atoms with Crippen LogP contribution >= 0.6 is 0 Å². The highest BCUT2D eigenvalue weighted by atomic mass is 16.5. The predicted octanol–water partition coefficient (Wildman–Crippen LogP) is 2.36. The van der Waals surface area contributed by atoms with Gasteiger partial charge < -0.3 is 9.84 Å². The molecule has 0 spiro atoms. The summed E-state index contributed by atoms with van der Waals surface area (Å²) in [5.41, 5.74) is 3.02. The first-order chi connectivity index (χ1) is 8.54. The van der Waals surface area contributed by atoms with E-state index in [0.717, 1.165) is 41.8 Å². The number of nitrogens with zero attached hydrogens (tertiary/aromatic N) is 1. The van der Waals surface area contributed by atoms with Gasteiger partial charge in [-0.25, -0.2) is 0 Å². The van der Waals surface area contributed by atoms with Gasteiger partial charge in [0.1, 0.15) is 5.75 Å². The van der Waals surface area contributed by atoms with Crippen molar-refractivity contribution < 1.29 is 14.6 Å². The van der Waals surface area contributed by atoms with E-state index in [4.69, 9.17) is 9.84 Å². The molecular weight excluding hydrogens is 230 g/mol. The molecule has 4 nitrogen and oxygen atoms in total. The topological polar surface area (TPSA) is 59.4 Å². The molecule has 0 radical (unpaired) electrons. The van der Waals surface area contributed by atoms with Crippen molar-refractivity contribution in [2.24, 2.45) is 11.8 Å². The van der Waals surface area contributed by atoms with Crippen LogP contribution in [0.25, 0.3) is 0 Å². The number of ether oxygens (including phenoxy) is 1. The number of methoxy groups -OCH3 is 1. The van der Waals surface area contributed by atoms with Crippen molar-refractivity contribution in [3.8, 4) is 5.75 Å². The summed E-state index contributed by atoms with van der Waals surface area (Å²) in [7, 11) is 1.66. The molecule has 1 aliphatic rings. The molecule has 4 heteroatoms. The Bertz CT molecular complexity index is 470. The molecule has 2 atom stereocenters. The van der Waals surface area contributed by atoms with Crippen LogP contribution in [0, 0.1) is 25.7 Å². The standard InChI is InChI=1S/C14H19NO3/c1-8-7-15-12(9(2)13(8)18-3)6-10-4-5-11(10)14(16)17/h7,10-11H,4-6H2,1-3H3,(H,16,17). The number of aryl methyl sites for hydroxylation is 1. The van der Waals surface area contributed by atoms with Gasteiger partial charge in [-0.3, -0.25) is 9.78 Å². The molecule has 1 aromatic rings. The average Bonchev–Trinajstić information content (AvgIpc) is 2.26. The molecule has 0 saturated heterocycles. The normalized spacial score (nSPS) is 22.4. The molecule has 1 aliphatic carbocycles. The highest BCUT2D eigenvalue weighted by molar-refractivity contribution is 5.71. The van der Waals surface area contributed by atoms with Gasteiger partial charge in [-0.15, -0.1) is 0 Å². The van der Waals surface area contributed by atoms with E-state index in [9.17, 15) is 4.79 Å². The van der Waals surface area contributed by atoms with Crippen LogP contribution in [0.2, 0.25) is 0 Å². The SMILES string of the molecule is COc1c(C)cnc(CC2CCC2C(=O)O)c1C. The number of hydrogen-bond donors (Lipinski definition) is 1. The van der Waals surface area contributed by atoms with Crippen LogP contribution < -0.4 is 4.74 Å². The van der Waals surface area contributed by atoms with Crippen LogP contribution in [-0.4, -0.2) is 23.2 Å². The first kappa shape index (κ1) is 12.9. The number of hydrogen-bond acceptors (Lipinski definition) is 3. The molecule has 1 fully saturated rings.